The lowest BCUT2D eigenvalue weighted by molar-refractivity contribution is 0.0629. The van der Waals surface area contributed by atoms with Gasteiger partial charge in [0.1, 0.15) is 18.4 Å². The lowest BCUT2D eigenvalue weighted by atomic mass is 9.92. The molecule has 1 atom stereocenters. The molecule has 9 nitrogen and oxygen atoms in total. The Morgan fingerprint density at radius 3 is 2.81 bits per heavy atom. The zero-order valence-electron chi connectivity index (χ0n) is 20.0. The summed E-state index contributed by atoms with van der Waals surface area (Å²) in [5, 5.41) is 9.54. The van der Waals surface area contributed by atoms with E-state index in [0.717, 1.165) is 40.9 Å². The van der Waals surface area contributed by atoms with Crippen LogP contribution in [0.4, 0.5) is 4.79 Å². The van der Waals surface area contributed by atoms with Gasteiger partial charge in [-0.15, -0.1) is 5.10 Å². The van der Waals surface area contributed by atoms with Crippen molar-refractivity contribution in [2.75, 3.05) is 33.5 Å². The second-order valence-corrected chi connectivity index (χ2v) is 9.03. The van der Waals surface area contributed by atoms with E-state index in [-0.39, 0.29) is 18.7 Å². The number of nitrogens with zero attached hydrogens (tertiary/aromatic N) is 4. The molecule has 0 fully saturated rings. The summed E-state index contributed by atoms with van der Waals surface area (Å²) >= 11 is 6.29. The zero-order chi connectivity index (χ0) is 24.9. The van der Waals surface area contributed by atoms with E-state index in [1.807, 2.05) is 48.7 Å². The van der Waals surface area contributed by atoms with E-state index in [0.29, 0.717) is 31.2 Å². The van der Waals surface area contributed by atoms with Crippen molar-refractivity contribution < 1.29 is 19.0 Å². The van der Waals surface area contributed by atoms with Crippen LogP contribution in [0.2, 0.25) is 5.02 Å². The summed E-state index contributed by atoms with van der Waals surface area (Å²) in [6.45, 7) is 2.39. The van der Waals surface area contributed by atoms with E-state index >= 15 is 0 Å². The van der Waals surface area contributed by atoms with Gasteiger partial charge in [0.25, 0.3) is 0 Å². The Labute approximate surface area is 213 Å². The topological polar surface area (TPSA) is 94.5 Å². The number of aromatic amines is 1. The van der Waals surface area contributed by atoms with Gasteiger partial charge in [0.05, 0.1) is 19.4 Å². The van der Waals surface area contributed by atoms with Crippen LogP contribution in [0, 0.1) is 0 Å². The first kappa shape index (κ1) is 24.1. The maximum atomic E-state index is 13.1. The molecule has 0 saturated carbocycles. The van der Waals surface area contributed by atoms with E-state index in [1.165, 1.54) is 5.56 Å². The first-order chi connectivity index (χ1) is 17.6. The number of carbonyl (C=O) groups is 1. The monoisotopic (exact) mass is 509 g/mol. The third-order valence-electron chi connectivity index (χ3n) is 6.30. The molecule has 1 aliphatic heterocycles. The van der Waals surface area contributed by atoms with Gasteiger partial charge < -0.3 is 19.2 Å². The molecule has 188 valence electrons. The van der Waals surface area contributed by atoms with E-state index in [2.05, 4.69) is 15.3 Å². The lowest BCUT2D eigenvalue weighted by Crippen LogP contribution is -2.41. The van der Waals surface area contributed by atoms with Crippen LogP contribution >= 0.6 is 11.6 Å². The number of ether oxygens (including phenoxy) is 3. The third-order valence-corrected chi connectivity index (χ3v) is 6.54. The third kappa shape index (κ3) is 5.17. The molecule has 1 N–H and O–H groups in total. The van der Waals surface area contributed by atoms with Crippen LogP contribution in [0.15, 0.2) is 54.9 Å². The molecule has 0 bridgehead atoms. The molecular formula is C26H28ClN5O4. The molecule has 1 amide bonds. The molecule has 5 rings (SSSR count). The highest BCUT2D eigenvalue weighted by molar-refractivity contribution is 6.31. The number of benzene rings is 2. The Balaban J connectivity index is 1.37. The molecule has 2 aromatic heterocycles. The average Bonchev–Trinajstić information content (AvgIpc) is 3.54. The summed E-state index contributed by atoms with van der Waals surface area (Å²) in [4.78, 5) is 18.4. The molecule has 3 heterocycles. The fourth-order valence-electron chi connectivity index (χ4n) is 4.61. The van der Waals surface area contributed by atoms with Crippen LogP contribution in [-0.4, -0.2) is 64.4 Å². The van der Waals surface area contributed by atoms with Gasteiger partial charge in [-0.2, -0.15) is 0 Å². The number of rotatable bonds is 9. The number of halogens is 1. The molecule has 0 spiro atoms. The predicted octanol–water partition coefficient (Wildman–Crippen LogP) is 4.61. The smallest absolute Gasteiger partial charge is 0.410 e. The number of carbonyl (C=O) groups excluding carboxylic acids is 1. The highest BCUT2D eigenvalue weighted by atomic mass is 35.5. The molecule has 0 aliphatic carbocycles. The van der Waals surface area contributed by atoms with Crippen molar-refractivity contribution in [3.05, 3.63) is 76.7 Å². The van der Waals surface area contributed by atoms with Crippen LogP contribution in [-0.2, 0) is 22.4 Å². The number of nitrogens with one attached hydrogen (secondary N) is 1. The van der Waals surface area contributed by atoms with Crippen molar-refractivity contribution in [1.82, 2.24) is 24.9 Å². The summed E-state index contributed by atoms with van der Waals surface area (Å²) in [5.74, 6) is 0.769. The Kier molecular flexibility index (Phi) is 7.39. The summed E-state index contributed by atoms with van der Waals surface area (Å²) in [5.41, 5.74) is 4.11. The van der Waals surface area contributed by atoms with Crippen molar-refractivity contribution in [1.29, 1.82) is 0 Å². The van der Waals surface area contributed by atoms with Crippen LogP contribution in [0.5, 0.6) is 5.75 Å². The lowest BCUT2D eigenvalue weighted by Gasteiger charge is -2.35. The Bertz CT molecular complexity index is 1310. The first-order valence-electron chi connectivity index (χ1n) is 11.9. The summed E-state index contributed by atoms with van der Waals surface area (Å²) in [6, 6.07) is 13.4. The molecule has 1 unspecified atom stereocenters. The minimum Gasteiger partial charge on any atom is -0.494 e. The van der Waals surface area contributed by atoms with Crippen LogP contribution in [0.1, 0.15) is 29.3 Å². The van der Waals surface area contributed by atoms with Crippen molar-refractivity contribution in [2.45, 2.75) is 25.4 Å². The van der Waals surface area contributed by atoms with Crippen LogP contribution in [0.25, 0.3) is 10.9 Å². The first-order valence-corrected chi connectivity index (χ1v) is 12.3. The second kappa shape index (κ2) is 11.0. The highest BCUT2D eigenvalue weighted by Gasteiger charge is 2.35. The standard InChI is InChI=1S/C26H28ClN5O4/c1-34-15-16-36-26(33)32-12-9-21-22-17-19(27)5-8-23(22)29-24(21)25(32)18-3-6-20(7-4-18)35-14-2-11-31-13-10-28-30-31/h3-8,10,13,17,25,29H,2,9,11-12,14-16H2,1H3. The molecule has 1 aliphatic rings. The normalized spacial score (nSPS) is 15.2. The Hall–Kier alpha value is -3.56. The number of fused-ring (bicyclic) bond motifs is 3. The van der Waals surface area contributed by atoms with E-state index < -0.39 is 0 Å². The largest absolute Gasteiger partial charge is 0.494 e. The molecule has 0 saturated heterocycles. The van der Waals surface area contributed by atoms with Gasteiger partial charge in [-0.05, 0) is 47.9 Å². The van der Waals surface area contributed by atoms with E-state index in [9.17, 15) is 4.79 Å². The van der Waals surface area contributed by atoms with Crippen molar-refractivity contribution in [2.24, 2.45) is 0 Å². The van der Waals surface area contributed by atoms with Crippen molar-refractivity contribution >= 4 is 28.6 Å². The van der Waals surface area contributed by atoms with Crippen LogP contribution in [0.3, 0.4) is 0 Å². The Morgan fingerprint density at radius 2 is 2.03 bits per heavy atom. The van der Waals surface area contributed by atoms with Crippen molar-refractivity contribution in [3.63, 3.8) is 0 Å². The van der Waals surface area contributed by atoms with E-state index in [4.69, 9.17) is 25.8 Å². The van der Waals surface area contributed by atoms with Gasteiger partial charge in [-0.3, -0.25) is 9.58 Å². The fourth-order valence-corrected chi connectivity index (χ4v) is 4.79. The van der Waals surface area contributed by atoms with Crippen LogP contribution < -0.4 is 4.74 Å². The minimum atomic E-state index is -0.368. The minimum absolute atomic E-state index is 0.203. The van der Waals surface area contributed by atoms with Gasteiger partial charge >= 0.3 is 6.09 Å². The number of hydrogen-bond donors (Lipinski definition) is 1. The molecule has 2 aromatic carbocycles. The summed E-state index contributed by atoms with van der Waals surface area (Å²) in [6.07, 6.45) is 4.65. The number of aryl methyl sites for hydroxylation is 1. The van der Waals surface area contributed by atoms with Gasteiger partial charge in [-0.1, -0.05) is 28.9 Å². The quantitative estimate of drug-likeness (QED) is 0.331. The molecule has 0 radical (unpaired) electrons. The second-order valence-electron chi connectivity index (χ2n) is 8.60. The number of H-pyrrole nitrogens is 1. The van der Waals surface area contributed by atoms with Gasteiger partial charge in [0.15, 0.2) is 0 Å². The number of aromatic nitrogens is 4. The summed E-state index contributed by atoms with van der Waals surface area (Å²) < 4.78 is 18.2. The maximum Gasteiger partial charge on any atom is 0.410 e. The fraction of sp³-hybridized carbons (Fsp3) is 0.346. The molecule has 10 heteroatoms. The van der Waals surface area contributed by atoms with Crippen molar-refractivity contribution in [3.8, 4) is 5.75 Å². The van der Waals surface area contributed by atoms with Gasteiger partial charge in [0.2, 0.25) is 0 Å². The zero-order valence-corrected chi connectivity index (χ0v) is 20.8. The Morgan fingerprint density at radius 1 is 1.17 bits per heavy atom. The average molecular weight is 510 g/mol. The number of amides is 1. The summed E-state index contributed by atoms with van der Waals surface area (Å²) in [7, 11) is 1.58. The maximum absolute atomic E-state index is 13.1. The van der Waals surface area contributed by atoms with E-state index in [1.54, 1.807) is 22.9 Å². The predicted molar refractivity (Wildman–Crippen MR) is 135 cm³/mol. The highest BCUT2D eigenvalue weighted by Crippen LogP contribution is 2.39. The molecular weight excluding hydrogens is 482 g/mol. The number of methoxy groups -OCH3 is 1. The SMILES string of the molecule is COCCOC(=O)N1CCc2c([nH]c3ccc(Cl)cc23)C1c1ccc(OCCCn2ccnn2)cc1. The van der Waals surface area contributed by atoms with Gasteiger partial charge in [-0.25, -0.2) is 4.79 Å². The van der Waals surface area contributed by atoms with Gasteiger partial charge in [0, 0.05) is 54.4 Å². The molecule has 4 aromatic rings. The molecule has 36 heavy (non-hydrogen) atoms. The number of hydrogen-bond acceptors (Lipinski definition) is 6.